The van der Waals surface area contributed by atoms with Crippen molar-refractivity contribution in [1.82, 2.24) is 15.1 Å². The van der Waals surface area contributed by atoms with E-state index in [1.54, 1.807) is 4.90 Å². The van der Waals surface area contributed by atoms with E-state index in [9.17, 15) is 14.9 Å². The highest BCUT2D eigenvalue weighted by atomic mass is 16.5. The Morgan fingerprint density at radius 3 is 2.09 bits per heavy atom. The van der Waals surface area contributed by atoms with Crippen LogP contribution in [0.3, 0.4) is 0 Å². The molecule has 1 fully saturated rings. The zero-order chi connectivity index (χ0) is 22.8. The zero-order valence-electron chi connectivity index (χ0n) is 18.2. The van der Waals surface area contributed by atoms with Crippen LogP contribution in [0.15, 0.2) is 72.4 Å². The van der Waals surface area contributed by atoms with Gasteiger partial charge in [-0.2, -0.15) is 5.26 Å². The number of rotatable bonds is 8. The van der Waals surface area contributed by atoms with E-state index in [1.807, 2.05) is 42.5 Å². The van der Waals surface area contributed by atoms with Gasteiger partial charge in [0, 0.05) is 38.9 Å². The predicted molar refractivity (Wildman–Crippen MR) is 121 cm³/mol. The Labute approximate surface area is 188 Å². The molecule has 166 valence electrons. The van der Waals surface area contributed by atoms with Crippen molar-refractivity contribution >= 4 is 11.9 Å². The van der Waals surface area contributed by atoms with Crippen molar-refractivity contribution in [2.45, 2.75) is 12.5 Å². The monoisotopic (exact) mass is 432 g/mol. The van der Waals surface area contributed by atoms with Crippen LogP contribution in [0, 0.1) is 11.3 Å². The van der Waals surface area contributed by atoms with Gasteiger partial charge in [0.1, 0.15) is 11.6 Å². The molecular formula is C25H28N4O3. The maximum absolute atomic E-state index is 12.8. The average Bonchev–Trinajstić information content (AvgIpc) is 2.85. The predicted octanol–water partition coefficient (Wildman–Crippen LogP) is 2.48. The number of methoxy groups -OCH3 is 1. The lowest BCUT2D eigenvalue weighted by atomic mass is 9.96. The topological polar surface area (TPSA) is 85.7 Å². The lowest BCUT2D eigenvalue weighted by Gasteiger charge is -2.39. The lowest BCUT2D eigenvalue weighted by molar-refractivity contribution is -0.140. The van der Waals surface area contributed by atoms with Gasteiger partial charge in [0.05, 0.1) is 19.6 Å². The summed E-state index contributed by atoms with van der Waals surface area (Å²) in [5, 5.41) is 12.3. The highest BCUT2D eigenvalue weighted by Gasteiger charge is 2.29. The van der Waals surface area contributed by atoms with Crippen molar-refractivity contribution in [3.05, 3.63) is 83.6 Å². The number of amides is 1. The van der Waals surface area contributed by atoms with Crippen molar-refractivity contribution in [3.63, 3.8) is 0 Å². The Kier molecular flexibility index (Phi) is 8.41. The standard InChI is InChI=1S/C25H28N4O3/c1-32-23(30)12-13-27-19-22(18-26)25(31)29-16-14-28(15-17-29)24(20-8-4-2-5-9-20)21-10-6-3-7-11-21/h2-11,19,24,27H,12-17H2,1H3/b22-19-. The summed E-state index contributed by atoms with van der Waals surface area (Å²) in [6.07, 6.45) is 1.55. The van der Waals surface area contributed by atoms with E-state index in [0.29, 0.717) is 32.7 Å². The Balaban J connectivity index is 1.64. The van der Waals surface area contributed by atoms with Crippen molar-refractivity contribution in [2.24, 2.45) is 0 Å². The van der Waals surface area contributed by atoms with E-state index in [2.05, 4.69) is 39.2 Å². The number of carbonyl (C=O) groups is 2. The second kappa shape index (κ2) is 11.7. The van der Waals surface area contributed by atoms with Gasteiger partial charge < -0.3 is 15.0 Å². The maximum Gasteiger partial charge on any atom is 0.307 e. The largest absolute Gasteiger partial charge is 0.469 e. The van der Waals surface area contributed by atoms with Crippen molar-refractivity contribution < 1.29 is 14.3 Å². The fourth-order valence-corrected chi connectivity index (χ4v) is 3.83. The highest BCUT2D eigenvalue weighted by Crippen LogP contribution is 2.29. The van der Waals surface area contributed by atoms with Crippen LogP contribution in [-0.4, -0.2) is 61.5 Å². The number of hydrogen-bond acceptors (Lipinski definition) is 6. The minimum atomic E-state index is -0.349. The van der Waals surface area contributed by atoms with Gasteiger partial charge in [-0.3, -0.25) is 14.5 Å². The van der Waals surface area contributed by atoms with Crippen LogP contribution >= 0.6 is 0 Å². The van der Waals surface area contributed by atoms with E-state index < -0.39 is 0 Å². The number of hydrogen-bond donors (Lipinski definition) is 1. The summed E-state index contributed by atoms with van der Waals surface area (Å²) in [7, 11) is 1.32. The molecule has 0 saturated carbocycles. The fourth-order valence-electron chi connectivity index (χ4n) is 3.83. The van der Waals surface area contributed by atoms with Gasteiger partial charge in [-0.15, -0.1) is 0 Å². The molecule has 32 heavy (non-hydrogen) atoms. The summed E-state index contributed by atoms with van der Waals surface area (Å²) in [6, 6.07) is 22.8. The second-order valence-electron chi connectivity index (χ2n) is 7.50. The van der Waals surface area contributed by atoms with Crippen molar-refractivity contribution in [1.29, 1.82) is 5.26 Å². The van der Waals surface area contributed by atoms with Gasteiger partial charge >= 0.3 is 5.97 Å². The number of ether oxygens (including phenoxy) is 1. The molecule has 7 nitrogen and oxygen atoms in total. The summed E-state index contributed by atoms with van der Waals surface area (Å²) >= 11 is 0. The van der Waals surface area contributed by atoms with Gasteiger partial charge in [-0.25, -0.2) is 0 Å². The third-order valence-corrected chi connectivity index (χ3v) is 5.50. The van der Waals surface area contributed by atoms with Gasteiger partial charge in [-0.05, 0) is 11.1 Å². The number of benzene rings is 2. The van der Waals surface area contributed by atoms with Crippen LogP contribution in [0.1, 0.15) is 23.6 Å². The van der Waals surface area contributed by atoms with Crippen LogP contribution in [0.4, 0.5) is 0 Å². The molecule has 1 N–H and O–H groups in total. The van der Waals surface area contributed by atoms with E-state index in [0.717, 1.165) is 0 Å². The molecule has 1 heterocycles. The summed E-state index contributed by atoms with van der Waals surface area (Å²) in [4.78, 5) is 28.1. The van der Waals surface area contributed by atoms with Crippen LogP contribution in [0.25, 0.3) is 0 Å². The minimum absolute atomic E-state index is 0.0333. The van der Waals surface area contributed by atoms with E-state index >= 15 is 0 Å². The average molecular weight is 433 g/mol. The molecule has 2 aromatic rings. The molecular weight excluding hydrogens is 404 g/mol. The number of esters is 1. The van der Waals surface area contributed by atoms with E-state index in [1.165, 1.54) is 24.4 Å². The van der Waals surface area contributed by atoms with Crippen LogP contribution in [0.2, 0.25) is 0 Å². The molecule has 0 unspecified atom stereocenters. The van der Waals surface area contributed by atoms with E-state index in [-0.39, 0.29) is 29.9 Å². The minimum Gasteiger partial charge on any atom is -0.469 e. The third kappa shape index (κ3) is 5.96. The molecule has 1 saturated heterocycles. The van der Waals surface area contributed by atoms with Gasteiger partial charge in [-0.1, -0.05) is 60.7 Å². The molecule has 0 radical (unpaired) electrons. The first-order valence-corrected chi connectivity index (χ1v) is 10.7. The van der Waals surface area contributed by atoms with Crippen LogP contribution in [-0.2, 0) is 14.3 Å². The van der Waals surface area contributed by atoms with Crippen LogP contribution < -0.4 is 5.32 Å². The molecule has 1 aliphatic heterocycles. The smallest absolute Gasteiger partial charge is 0.307 e. The Morgan fingerprint density at radius 2 is 1.59 bits per heavy atom. The first-order chi connectivity index (χ1) is 15.6. The number of nitrogens with one attached hydrogen (secondary N) is 1. The van der Waals surface area contributed by atoms with Gasteiger partial charge in [0.25, 0.3) is 5.91 Å². The number of carbonyl (C=O) groups excluding carboxylic acids is 2. The lowest BCUT2D eigenvalue weighted by Crippen LogP contribution is -2.50. The van der Waals surface area contributed by atoms with Gasteiger partial charge in [0.2, 0.25) is 0 Å². The van der Waals surface area contributed by atoms with Gasteiger partial charge in [0.15, 0.2) is 0 Å². The summed E-state index contributed by atoms with van der Waals surface area (Å²) in [6.45, 7) is 2.78. The summed E-state index contributed by atoms with van der Waals surface area (Å²) < 4.78 is 4.57. The second-order valence-corrected chi connectivity index (χ2v) is 7.50. The molecule has 7 heteroatoms. The SMILES string of the molecule is COC(=O)CCN/C=C(/C#N)C(=O)N1CCN(C(c2ccccc2)c2ccccc2)CC1. The molecule has 1 aliphatic rings. The number of piperazine rings is 1. The maximum atomic E-state index is 12.8. The Hall–Kier alpha value is -3.63. The fraction of sp³-hybridized carbons (Fsp3) is 0.320. The van der Waals surface area contributed by atoms with Crippen molar-refractivity contribution in [3.8, 4) is 6.07 Å². The first-order valence-electron chi connectivity index (χ1n) is 10.7. The number of nitriles is 1. The summed E-state index contributed by atoms with van der Waals surface area (Å²) in [5.41, 5.74) is 2.46. The molecule has 2 aromatic carbocycles. The molecule has 3 rings (SSSR count). The molecule has 0 bridgehead atoms. The molecule has 0 spiro atoms. The Bertz CT molecular complexity index is 922. The van der Waals surface area contributed by atoms with E-state index in [4.69, 9.17) is 0 Å². The quantitative estimate of drug-likeness (QED) is 0.299. The first kappa shape index (κ1) is 23.0. The van der Waals surface area contributed by atoms with Crippen LogP contribution in [0.5, 0.6) is 0 Å². The Morgan fingerprint density at radius 1 is 1.03 bits per heavy atom. The van der Waals surface area contributed by atoms with Crippen molar-refractivity contribution in [2.75, 3.05) is 39.8 Å². The normalized spacial score (nSPS) is 14.7. The molecule has 0 aliphatic carbocycles. The molecule has 0 atom stereocenters. The molecule has 1 amide bonds. The molecule has 0 aromatic heterocycles. The number of nitrogens with zero attached hydrogens (tertiary/aromatic N) is 3. The summed E-state index contributed by atoms with van der Waals surface area (Å²) in [5.74, 6) is -0.646. The third-order valence-electron chi connectivity index (χ3n) is 5.50. The zero-order valence-corrected chi connectivity index (χ0v) is 18.2. The highest BCUT2D eigenvalue weighted by molar-refractivity contribution is 5.97.